The molecule has 0 radical (unpaired) electrons. The van der Waals surface area contributed by atoms with Gasteiger partial charge in [0.15, 0.2) is 5.78 Å². The minimum atomic E-state index is 0.253. The minimum absolute atomic E-state index is 0.253. The number of ketones is 1. The Morgan fingerprint density at radius 3 is 2.74 bits per heavy atom. The molecule has 0 amide bonds. The predicted molar refractivity (Wildman–Crippen MR) is 70.7 cm³/mol. The quantitative estimate of drug-likeness (QED) is 0.781. The molecule has 0 fully saturated rings. The molecule has 3 heteroatoms. The van der Waals surface area contributed by atoms with Gasteiger partial charge in [-0.15, -0.1) is 0 Å². The summed E-state index contributed by atoms with van der Waals surface area (Å²) in [6.07, 6.45) is 1.48. The summed E-state index contributed by atoms with van der Waals surface area (Å²) >= 11 is 0. The van der Waals surface area contributed by atoms with E-state index in [2.05, 4.69) is 6.07 Å². The number of hydrogen-bond acceptors (Lipinski definition) is 3. The molecule has 0 unspecified atom stereocenters. The summed E-state index contributed by atoms with van der Waals surface area (Å²) in [5.41, 5.74) is 4.16. The van der Waals surface area contributed by atoms with Gasteiger partial charge in [-0.3, -0.25) is 4.79 Å². The van der Waals surface area contributed by atoms with Gasteiger partial charge >= 0.3 is 0 Å². The summed E-state index contributed by atoms with van der Waals surface area (Å²) in [5, 5.41) is 0. The smallest absolute Gasteiger partial charge is 0.230 e. The Morgan fingerprint density at radius 1 is 0.895 bits per heavy atom. The third-order valence-electron chi connectivity index (χ3n) is 3.73. The first kappa shape index (κ1) is 10.6. The summed E-state index contributed by atoms with van der Waals surface area (Å²) < 4.78 is 10.8. The number of aryl methyl sites for hydroxylation is 1. The number of Topliss-reactive ketones (excluding diaryl/α,β-unsaturated/α-hetero) is 1. The molecule has 3 nitrogen and oxygen atoms in total. The summed E-state index contributed by atoms with van der Waals surface area (Å²) in [6, 6.07) is 11.9. The molecular formula is C16H12O3. The Bertz CT molecular complexity index is 688. The van der Waals surface area contributed by atoms with Crippen LogP contribution in [0, 0.1) is 0 Å². The maximum Gasteiger partial charge on any atom is 0.230 e. The molecule has 1 aliphatic heterocycles. The highest BCUT2D eigenvalue weighted by atomic mass is 16.7. The first-order valence-electron chi connectivity index (χ1n) is 6.37. The number of fused-ring (bicyclic) bond motifs is 3. The van der Waals surface area contributed by atoms with Crippen LogP contribution >= 0.6 is 0 Å². The van der Waals surface area contributed by atoms with Gasteiger partial charge in [0.05, 0.1) is 0 Å². The van der Waals surface area contributed by atoms with Crippen molar-refractivity contribution in [2.45, 2.75) is 12.8 Å². The van der Waals surface area contributed by atoms with E-state index in [4.69, 9.17) is 9.47 Å². The van der Waals surface area contributed by atoms with Crippen LogP contribution in [-0.4, -0.2) is 12.6 Å². The summed E-state index contributed by atoms with van der Waals surface area (Å²) in [4.78, 5) is 11.6. The molecule has 2 aliphatic rings. The maximum absolute atomic E-state index is 11.6. The second-order valence-electron chi connectivity index (χ2n) is 4.86. The highest BCUT2D eigenvalue weighted by molar-refractivity contribution is 6.01. The van der Waals surface area contributed by atoms with Gasteiger partial charge < -0.3 is 9.47 Å². The second-order valence-corrected chi connectivity index (χ2v) is 4.86. The zero-order valence-electron chi connectivity index (χ0n) is 10.3. The van der Waals surface area contributed by atoms with E-state index in [9.17, 15) is 4.79 Å². The van der Waals surface area contributed by atoms with Crippen LogP contribution < -0.4 is 9.47 Å². The van der Waals surface area contributed by atoms with Crippen molar-refractivity contribution in [1.29, 1.82) is 0 Å². The lowest BCUT2D eigenvalue weighted by atomic mass is 9.99. The monoisotopic (exact) mass is 252 g/mol. The van der Waals surface area contributed by atoms with Crippen molar-refractivity contribution in [2.24, 2.45) is 0 Å². The van der Waals surface area contributed by atoms with Crippen LogP contribution in [0.15, 0.2) is 36.4 Å². The van der Waals surface area contributed by atoms with Gasteiger partial charge in [-0.25, -0.2) is 0 Å². The van der Waals surface area contributed by atoms with Gasteiger partial charge in [-0.05, 0) is 29.7 Å². The largest absolute Gasteiger partial charge is 0.457 e. The Balaban J connectivity index is 1.84. The number of carbonyl (C=O) groups is 1. The van der Waals surface area contributed by atoms with Gasteiger partial charge in [-0.2, -0.15) is 0 Å². The van der Waals surface area contributed by atoms with Gasteiger partial charge in [0, 0.05) is 23.6 Å². The van der Waals surface area contributed by atoms with Gasteiger partial charge in [0.25, 0.3) is 0 Å². The van der Waals surface area contributed by atoms with Crippen LogP contribution in [0.3, 0.4) is 0 Å². The maximum atomic E-state index is 11.6. The zero-order chi connectivity index (χ0) is 12.8. The minimum Gasteiger partial charge on any atom is -0.457 e. The molecule has 0 N–H and O–H groups in total. The van der Waals surface area contributed by atoms with E-state index in [-0.39, 0.29) is 12.6 Å². The first-order valence-corrected chi connectivity index (χ1v) is 6.37. The van der Waals surface area contributed by atoms with Crippen molar-refractivity contribution in [2.75, 3.05) is 6.79 Å². The van der Waals surface area contributed by atoms with Crippen LogP contribution in [0.4, 0.5) is 0 Å². The van der Waals surface area contributed by atoms with E-state index in [1.165, 1.54) is 0 Å². The van der Waals surface area contributed by atoms with E-state index >= 15 is 0 Å². The molecule has 0 saturated heterocycles. The van der Waals surface area contributed by atoms with Crippen LogP contribution in [-0.2, 0) is 6.42 Å². The van der Waals surface area contributed by atoms with Crippen molar-refractivity contribution in [3.05, 3.63) is 47.5 Å². The van der Waals surface area contributed by atoms with Gasteiger partial charge in [-0.1, -0.05) is 18.2 Å². The van der Waals surface area contributed by atoms with Gasteiger partial charge in [0.2, 0.25) is 6.79 Å². The number of carbonyl (C=O) groups excluding carboxylic acids is 1. The van der Waals surface area contributed by atoms with Crippen molar-refractivity contribution < 1.29 is 14.3 Å². The standard InChI is InChI=1S/C16H12O3/c17-15-6-2-10-7-11(1-4-13(10)15)14-5-3-12-8-16(14)19-9-18-12/h1,3-5,7-8H,2,6,9H2. The Morgan fingerprint density at radius 2 is 1.79 bits per heavy atom. The molecule has 0 saturated carbocycles. The Kier molecular flexibility index (Phi) is 2.15. The first-order chi connectivity index (χ1) is 9.31. The second kappa shape index (κ2) is 3.85. The molecular weight excluding hydrogens is 240 g/mol. The molecule has 0 atom stereocenters. The lowest BCUT2D eigenvalue weighted by molar-refractivity contribution is 0.0994. The number of ether oxygens (including phenoxy) is 2. The van der Waals surface area contributed by atoms with Crippen LogP contribution in [0.1, 0.15) is 22.3 Å². The number of hydrogen-bond donors (Lipinski definition) is 0. The molecule has 4 rings (SSSR count). The van der Waals surface area contributed by atoms with Crippen molar-refractivity contribution >= 4 is 5.78 Å². The number of rotatable bonds is 1. The topological polar surface area (TPSA) is 35.5 Å². The lowest BCUT2D eigenvalue weighted by Gasteiger charge is -2.19. The molecule has 2 aromatic carbocycles. The fourth-order valence-electron chi connectivity index (χ4n) is 2.73. The van der Waals surface area contributed by atoms with Crippen LogP contribution in [0.2, 0.25) is 0 Å². The molecule has 94 valence electrons. The highest BCUT2D eigenvalue weighted by Gasteiger charge is 2.20. The lowest BCUT2D eigenvalue weighted by Crippen LogP contribution is -2.10. The normalized spacial score (nSPS) is 15.7. The highest BCUT2D eigenvalue weighted by Crippen LogP contribution is 2.37. The van der Waals surface area contributed by atoms with E-state index in [0.717, 1.165) is 40.2 Å². The number of benzene rings is 2. The molecule has 1 aliphatic carbocycles. The van der Waals surface area contributed by atoms with Crippen LogP contribution in [0.5, 0.6) is 11.5 Å². The van der Waals surface area contributed by atoms with Crippen molar-refractivity contribution in [3.63, 3.8) is 0 Å². The predicted octanol–water partition coefficient (Wildman–Crippen LogP) is 3.21. The van der Waals surface area contributed by atoms with E-state index in [1.54, 1.807) is 0 Å². The average Bonchev–Trinajstić information content (AvgIpc) is 2.80. The molecule has 19 heavy (non-hydrogen) atoms. The fraction of sp³-hybridized carbons (Fsp3) is 0.188. The molecule has 0 aromatic heterocycles. The molecule has 0 spiro atoms. The SMILES string of the molecule is O=C1CCc2cc(-c3ccc4cc3OCO4)ccc21. The third-order valence-corrected chi connectivity index (χ3v) is 3.73. The van der Waals surface area contributed by atoms with E-state index in [1.807, 2.05) is 30.3 Å². The van der Waals surface area contributed by atoms with E-state index in [0.29, 0.717) is 6.42 Å². The summed E-state index contributed by atoms with van der Waals surface area (Å²) in [5.74, 6) is 1.93. The zero-order valence-corrected chi connectivity index (χ0v) is 10.3. The van der Waals surface area contributed by atoms with Crippen LogP contribution in [0.25, 0.3) is 11.1 Å². The molecule has 2 bridgehead atoms. The van der Waals surface area contributed by atoms with Crippen molar-refractivity contribution in [3.8, 4) is 22.6 Å². The fourth-order valence-corrected chi connectivity index (χ4v) is 2.73. The third kappa shape index (κ3) is 1.62. The Hall–Kier alpha value is -2.29. The molecule has 2 aromatic rings. The van der Waals surface area contributed by atoms with Crippen molar-refractivity contribution in [1.82, 2.24) is 0 Å². The summed E-state index contributed by atoms with van der Waals surface area (Å²) in [6.45, 7) is 0.262. The Labute approximate surface area is 110 Å². The molecule has 1 heterocycles. The van der Waals surface area contributed by atoms with E-state index < -0.39 is 0 Å². The van der Waals surface area contributed by atoms with Gasteiger partial charge in [0.1, 0.15) is 11.5 Å². The average molecular weight is 252 g/mol. The summed E-state index contributed by atoms with van der Waals surface area (Å²) in [7, 11) is 0.